The molecule has 2 aromatic carbocycles. The van der Waals surface area contributed by atoms with Crippen LogP contribution in [0.2, 0.25) is 0 Å². The van der Waals surface area contributed by atoms with Crippen LogP contribution >= 0.6 is 0 Å². The molecule has 27 heavy (non-hydrogen) atoms. The highest BCUT2D eigenvalue weighted by atomic mass is 16.3. The van der Waals surface area contributed by atoms with E-state index in [2.05, 4.69) is 24.5 Å². The van der Waals surface area contributed by atoms with E-state index >= 15 is 0 Å². The van der Waals surface area contributed by atoms with Crippen LogP contribution in [0.1, 0.15) is 49.6 Å². The molecule has 1 aromatic heterocycles. The fraction of sp³-hybridized carbons (Fsp3) is 0.261. The number of nitrogens with one attached hydrogen (secondary N) is 2. The van der Waals surface area contributed by atoms with Crippen molar-refractivity contribution in [3.05, 3.63) is 89.9 Å². The molecule has 3 rings (SSSR count). The van der Waals surface area contributed by atoms with Gasteiger partial charge in [0.2, 0.25) is 5.91 Å². The first-order valence-corrected chi connectivity index (χ1v) is 9.30. The van der Waals surface area contributed by atoms with E-state index in [9.17, 15) is 4.79 Å². The van der Waals surface area contributed by atoms with Crippen LogP contribution in [0.4, 0.5) is 5.69 Å². The third-order valence-electron chi connectivity index (χ3n) is 4.62. The summed E-state index contributed by atoms with van der Waals surface area (Å²) in [7, 11) is 0. The summed E-state index contributed by atoms with van der Waals surface area (Å²) in [6, 6.07) is 21.2. The van der Waals surface area contributed by atoms with Crippen molar-refractivity contribution in [2.24, 2.45) is 0 Å². The van der Waals surface area contributed by atoms with Gasteiger partial charge in [-0.05, 0) is 48.2 Å². The second-order valence-electron chi connectivity index (χ2n) is 7.01. The largest absolute Gasteiger partial charge is 0.467 e. The molecule has 0 aliphatic rings. The van der Waals surface area contributed by atoms with Crippen LogP contribution in [0.25, 0.3) is 0 Å². The molecule has 140 valence electrons. The van der Waals surface area contributed by atoms with Crippen molar-refractivity contribution in [1.82, 2.24) is 5.32 Å². The van der Waals surface area contributed by atoms with Gasteiger partial charge in [0.05, 0.1) is 18.3 Å². The maximum absolute atomic E-state index is 12.7. The molecule has 0 saturated carbocycles. The van der Waals surface area contributed by atoms with E-state index in [1.165, 1.54) is 5.56 Å². The molecule has 2 N–H and O–H groups in total. The number of carbonyl (C=O) groups is 1. The quantitative estimate of drug-likeness (QED) is 0.614. The van der Waals surface area contributed by atoms with Gasteiger partial charge in [-0.2, -0.15) is 0 Å². The predicted molar refractivity (Wildman–Crippen MR) is 109 cm³/mol. The van der Waals surface area contributed by atoms with Gasteiger partial charge in [-0.3, -0.25) is 10.1 Å². The molecule has 4 nitrogen and oxygen atoms in total. The van der Waals surface area contributed by atoms with Crippen molar-refractivity contribution in [1.29, 1.82) is 0 Å². The molecule has 3 aromatic rings. The summed E-state index contributed by atoms with van der Waals surface area (Å²) in [5, 5.41) is 6.36. The molecule has 0 aliphatic heterocycles. The van der Waals surface area contributed by atoms with Gasteiger partial charge in [0.1, 0.15) is 5.76 Å². The monoisotopic (exact) mass is 362 g/mol. The fourth-order valence-corrected chi connectivity index (χ4v) is 2.97. The molecule has 0 bridgehead atoms. The average molecular weight is 362 g/mol. The van der Waals surface area contributed by atoms with Gasteiger partial charge >= 0.3 is 0 Å². The SMILES string of the molecule is CC(C)c1ccc(NC(=O)[C@@H](C)N[C@H](c2ccccc2)c2ccco2)cc1. The molecular formula is C23H26N2O2. The maximum atomic E-state index is 12.7. The summed E-state index contributed by atoms with van der Waals surface area (Å²) >= 11 is 0. The molecular weight excluding hydrogens is 336 g/mol. The third kappa shape index (κ3) is 4.86. The molecule has 0 aliphatic carbocycles. The Labute approximate surface area is 160 Å². The number of hydrogen-bond acceptors (Lipinski definition) is 3. The standard InChI is InChI=1S/C23H26N2O2/c1-16(2)18-11-13-20(14-12-18)25-23(26)17(3)24-22(21-10-7-15-27-21)19-8-5-4-6-9-19/h4-17,22,24H,1-3H3,(H,25,26)/t17-,22-/m1/s1. The summed E-state index contributed by atoms with van der Waals surface area (Å²) in [4.78, 5) is 12.7. The van der Waals surface area contributed by atoms with Crippen molar-refractivity contribution >= 4 is 11.6 Å². The number of carbonyl (C=O) groups excluding carboxylic acids is 1. The van der Waals surface area contributed by atoms with E-state index < -0.39 is 6.04 Å². The number of benzene rings is 2. The van der Waals surface area contributed by atoms with Gasteiger partial charge in [-0.15, -0.1) is 0 Å². The Morgan fingerprint density at radius 2 is 1.56 bits per heavy atom. The Bertz CT molecular complexity index is 840. The Hall–Kier alpha value is -2.85. The van der Waals surface area contributed by atoms with Gasteiger partial charge in [0.25, 0.3) is 0 Å². The van der Waals surface area contributed by atoms with Crippen LogP contribution in [0.15, 0.2) is 77.4 Å². The summed E-state index contributed by atoms with van der Waals surface area (Å²) in [5.41, 5.74) is 3.10. The van der Waals surface area contributed by atoms with E-state index in [4.69, 9.17) is 4.42 Å². The van der Waals surface area contributed by atoms with Crippen LogP contribution in [0.3, 0.4) is 0 Å². The van der Waals surface area contributed by atoms with Crippen LogP contribution < -0.4 is 10.6 Å². The minimum Gasteiger partial charge on any atom is -0.467 e. The number of hydrogen-bond donors (Lipinski definition) is 2. The highest BCUT2D eigenvalue weighted by Crippen LogP contribution is 2.23. The number of amides is 1. The Balaban J connectivity index is 1.70. The van der Waals surface area contributed by atoms with Gasteiger partial charge in [0, 0.05) is 5.69 Å². The van der Waals surface area contributed by atoms with Crippen LogP contribution in [0, 0.1) is 0 Å². The van der Waals surface area contributed by atoms with Crippen LogP contribution in [-0.4, -0.2) is 11.9 Å². The van der Waals surface area contributed by atoms with E-state index in [0.29, 0.717) is 5.92 Å². The Morgan fingerprint density at radius 1 is 0.852 bits per heavy atom. The lowest BCUT2D eigenvalue weighted by atomic mass is 10.0. The topological polar surface area (TPSA) is 54.3 Å². The molecule has 0 fully saturated rings. The smallest absolute Gasteiger partial charge is 0.241 e. The second-order valence-corrected chi connectivity index (χ2v) is 7.01. The van der Waals surface area contributed by atoms with Crippen LogP contribution in [-0.2, 0) is 4.79 Å². The zero-order valence-electron chi connectivity index (χ0n) is 16.0. The first kappa shape index (κ1) is 18.9. The predicted octanol–water partition coefficient (Wildman–Crippen LogP) is 5.11. The molecule has 0 spiro atoms. The minimum absolute atomic E-state index is 0.0835. The van der Waals surface area contributed by atoms with Crippen molar-refractivity contribution in [3.8, 4) is 0 Å². The molecule has 0 saturated heterocycles. The molecule has 1 heterocycles. The number of furan rings is 1. The lowest BCUT2D eigenvalue weighted by molar-refractivity contribution is -0.117. The third-order valence-corrected chi connectivity index (χ3v) is 4.62. The van der Waals surface area contributed by atoms with Gasteiger partial charge < -0.3 is 9.73 Å². The Kier molecular flexibility index (Phi) is 6.09. The van der Waals surface area contributed by atoms with Crippen molar-refractivity contribution in [3.63, 3.8) is 0 Å². The summed E-state index contributed by atoms with van der Waals surface area (Å²) < 4.78 is 5.59. The molecule has 0 unspecified atom stereocenters. The highest BCUT2D eigenvalue weighted by Gasteiger charge is 2.22. The normalized spacial score (nSPS) is 13.3. The summed E-state index contributed by atoms with van der Waals surface area (Å²) in [5.74, 6) is 1.16. The van der Waals surface area contributed by atoms with E-state index in [0.717, 1.165) is 17.0 Å². The highest BCUT2D eigenvalue weighted by molar-refractivity contribution is 5.94. The Morgan fingerprint density at radius 3 is 2.15 bits per heavy atom. The minimum atomic E-state index is -0.398. The van der Waals surface area contributed by atoms with Gasteiger partial charge in [0.15, 0.2) is 0 Å². The van der Waals surface area contributed by atoms with E-state index in [1.54, 1.807) is 6.26 Å². The zero-order chi connectivity index (χ0) is 19.2. The average Bonchev–Trinajstić information content (AvgIpc) is 3.21. The molecule has 4 heteroatoms. The molecule has 2 atom stereocenters. The summed E-state index contributed by atoms with van der Waals surface area (Å²) in [6.45, 7) is 6.16. The first-order valence-electron chi connectivity index (χ1n) is 9.30. The second kappa shape index (κ2) is 8.69. The zero-order valence-corrected chi connectivity index (χ0v) is 16.0. The van der Waals surface area contributed by atoms with Gasteiger partial charge in [-0.25, -0.2) is 0 Å². The summed E-state index contributed by atoms with van der Waals surface area (Å²) in [6.07, 6.45) is 1.65. The van der Waals surface area contributed by atoms with Crippen molar-refractivity contribution < 1.29 is 9.21 Å². The van der Waals surface area contributed by atoms with Crippen LogP contribution in [0.5, 0.6) is 0 Å². The fourth-order valence-electron chi connectivity index (χ4n) is 2.97. The lowest BCUT2D eigenvalue weighted by Crippen LogP contribution is -2.40. The van der Waals surface area contributed by atoms with Crippen molar-refractivity contribution in [2.75, 3.05) is 5.32 Å². The molecule has 0 radical (unpaired) electrons. The molecule has 1 amide bonds. The van der Waals surface area contributed by atoms with E-state index in [-0.39, 0.29) is 11.9 Å². The maximum Gasteiger partial charge on any atom is 0.241 e. The van der Waals surface area contributed by atoms with Crippen molar-refractivity contribution in [2.45, 2.75) is 38.8 Å². The van der Waals surface area contributed by atoms with E-state index in [1.807, 2.05) is 73.7 Å². The lowest BCUT2D eigenvalue weighted by Gasteiger charge is -2.22. The van der Waals surface area contributed by atoms with Gasteiger partial charge in [-0.1, -0.05) is 56.3 Å². The first-order chi connectivity index (χ1) is 13.0. The number of anilines is 1. The number of rotatable bonds is 7.